The maximum absolute atomic E-state index is 12.6. The molecule has 3 aromatic rings. The van der Waals surface area contributed by atoms with E-state index in [0.717, 1.165) is 53.9 Å². The monoisotopic (exact) mass is 295 g/mol. The molecule has 5 nitrogen and oxygen atoms in total. The molecule has 0 saturated heterocycles. The van der Waals surface area contributed by atoms with E-state index in [-0.39, 0.29) is 5.56 Å². The number of aromatic nitrogens is 3. The number of aryl methyl sites for hydroxylation is 1. The van der Waals surface area contributed by atoms with Crippen molar-refractivity contribution in [2.24, 2.45) is 0 Å². The Hall–Kier alpha value is -2.56. The first-order chi connectivity index (χ1) is 10.8. The van der Waals surface area contributed by atoms with Gasteiger partial charge >= 0.3 is 0 Å². The van der Waals surface area contributed by atoms with Crippen LogP contribution in [0.25, 0.3) is 16.9 Å². The number of nitrogens with zero attached hydrogens (tertiary/aromatic N) is 2. The van der Waals surface area contributed by atoms with E-state index in [1.807, 2.05) is 30.3 Å². The summed E-state index contributed by atoms with van der Waals surface area (Å²) in [5.74, 6) is 0.811. The van der Waals surface area contributed by atoms with Crippen LogP contribution in [0.2, 0.25) is 0 Å². The summed E-state index contributed by atoms with van der Waals surface area (Å²) < 4.78 is 6.73. The Morgan fingerprint density at radius 3 is 2.73 bits per heavy atom. The van der Waals surface area contributed by atoms with Crippen molar-refractivity contribution >= 4 is 5.65 Å². The van der Waals surface area contributed by atoms with Crippen molar-refractivity contribution in [3.63, 3.8) is 0 Å². The number of ether oxygens (including phenoxy) is 1. The highest BCUT2D eigenvalue weighted by molar-refractivity contribution is 5.64. The van der Waals surface area contributed by atoms with Crippen molar-refractivity contribution in [3.8, 4) is 17.0 Å². The molecular weight excluding hydrogens is 278 g/mol. The third kappa shape index (κ3) is 2.01. The topological polar surface area (TPSA) is 59.4 Å². The second kappa shape index (κ2) is 5.02. The average molecular weight is 295 g/mol. The largest absolute Gasteiger partial charge is 0.497 e. The third-order valence-electron chi connectivity index (χ3n) is 4.29. The summed E-state index contributed by atoms with van der Waals surface area (Å²) in [6, 6.07) is 9.67. The van der Waals surface area contributed by atoms with Gasteiger partial charge in [-0.25, -0.2) is 9.50 Å². The molecule has 1 aromatic carbocycles. The second-order valence-corrected chi connectivity index (χ2v) is 5.64. The maximum Gasteiger partial charge on any atom is 0.276 e. The van der Waals surface area contributed by atoms with Crippen molar-refractivity contribution in [1.29, 1.82) is 0 Å². The van der Waals surface area contributed by atoms with Crippen LogP contribution in [-0.2, 0) is 12.8 Å². The third-order valence-corrected chi connectivity index (χ3v) is 4.29. The normalized spacial score (nSPS) is 14.0. The van der Waals surface area contributed by atoms with Gasteiger partial charge in [0.15, 0.2) is 5.65 Å². The second-order valence-electron chi connectivity index (χ2n) is 5.64. The summed E-state index contributed by atoms with van der Waals surface area (Å²) in [5.41, 5.74) is 4.46. The highest BCUT2D eigenvalue weighted by Gasteiger charge is 2.17. The molecule has 0 aliphatic heterocycles. The summed E-state index contributed by atoms with van der Waals surface area (Å²) >= 11 is 0. The number of benzene rings is 1. The molecule has 22 heavy (non-hydrogen) atoms. The molecule has 0 atom stereocenters. The van der Waals surface area contributed by atoms with Crippen LogP contribution in [-0.4, -0.2) is 21.7 Å². The van der Waals surface area contributed by atoms with Gasteiger partial charge in [-0.1, -0.05) is 0 Å². The first-order valence-corrected chi connectivity index (χ1v) is 7.54. The number of hydrogen-bond donors (Lipinski definition) is 1. The number of methoxy groups -OCH3 is 1. The van der Waals surface area contributed by atoms with Crippen LogP contribution < -0.4 is 10.3 Å². The van der Waals surface area contributed by atoms with Crippen LogP contribution in [0.15, 0.2) is 35.1 Å². The van der Waals surface area contributed by atoms with E-state index in [0.29, 0.717) is 5.65 Å². The van der Waals surface area contributed by atoms with Gasteiger partial charge in [0.1, 0.15) is 5.75 Å². The molecule has 2 heterocycles. The van der Waals surface area contributed by atoms with E-state index in [1.165, 1.54) is 0 Å². The van der Waals surface area contributed by atoms with E-state index >= 15 is 0 Å². The van der Waals surface area contributed by atoms with Crippen LogP contribution in [0.3, 0.4) is 0 Å². The minimum Gasteiger partial charge on any atom is -0.497 e. The molecule has 0 spiro atoms. The van der Waals surface area contributed by atoms with Gasteiger partial charge in [0.25, 0.3) is 5.56 Å². The minimum absolute atomic E-state index is 0.0412. The van der Waals surface area contributed by atoms with Crippen LogP contribution in [0.5, 0.6) is 5.75 Å². The SMILES string of the molecule is COc1ccc(-c2cc3nc4c(c(=O)n3[nH]2)CCCC4)cc1. The van der Waals surface area contributed by atoms with E-state index in [2.05, 4.69) is 10.1 Å². The lowest BCUT2D eigenvalue weighted by atomic mass is 9.97. The summed E-state index contributed by atoms with van der Waals surface area (Å²) in [4.78, 5) is 17.3. The molecule has 0 amide bonds. The van der Waals surface area contributed by atoms with Gasteiger partial charge in [0, 0.05) is 11.6 Å². The summed E-state index contributed by atoms with van der Waals surface area (Å²) in [7, 11) is 1.64. The van der Waals surface area contributed by atoms with Gasteiger partial charge in [-0.15, -0.1) is 0 Å². The Labute approximate surface area is 127 Å². The fourth-order valence-electron chi connectivity index (χ4n) is 3.08. The Morgan fingerprint density at radius 2 is 1.95 bits per heavy atom. The molecule has 0 radical (unpaired) electrons. The van der Waals surface area contributed by atoms with Gasteiger partial charge < -0.3 is 4.74 Å². The van der Waals surface area contributed by atoms with Crippen molar-refractivity contribution < 1.29 is 4.74 Å². The zero-order chi connectivity index (χ0) is 15.1. The maximum atomic E-state index is 12.6. The van der Waals surface area contributed by atoms with Gasteiger partial charge in [-0.2, -0.15) is 0 Å². The smallest absolute Gasteiger partial charge is 0.276 e. The molecule has 0 fully saturated rings. The molecule has 1 aliphatic carbocycles. The van der Waals surface area contributed by atoms with Crippen molar-refractivity contribution in [1.82, 2.24) is 14.6 Å². The molecule has 0 bridgehead atoms. The minimum atomic E-state index is 0.0412. The van der Waals surface area contributed by atoms with Crippen LogP contribution >= 0.6 is 0 Å². The zero-order valence-electron chi connectivity index (χ0n) is 12.4. The van der Waals surface area contributed by atoms with E-state index in [1.54, 1.807) is 11.6 Å². The van der Waals surface area contributed by atoms with Crippen LogP contribution in [0, 0.1) is 0 Å². The van der Waals surface area contributed by atoms with E-state index in [4.69, 9.17) is 4.74 Å². The first-order valence-electron chi connectivity index (χ1n) is 7.54. The number of rotatable bonds is 2. The van der Waals surface area contributed by atoms with Gasteiger partial charge in [0.2, 0.25) is 0 Å². The van der Waals surface area contributed by atoms with Gasteiger partial charge in [-0.3, -0.25) is 9.89 Å². The molecule has 1 aliphatic rings. The lowest BCUT2D eigenvalue weighted by Gasteiger charge is -2.13. The quantitative estimate of drug-likeness (QED) is 0.790. The molecular formula is C17H17N3O2. The highest BCUT2D eigenvalue weighted by Crippen LogP contribution is 2.23. The molecule has 0 saturated carbocycles. The predicted octanol–water partition coefficient (Wildman–Crippen LogP) is 2.58. The number of nitrogens with one attached hydrogen (secondary N) is 1. The molecule has 1 N–H and O–H groups in total. The lowest BCUT2D eigenvalue weighted by Crippen LogP contribution is -2.24. The van der Waals surface area contributed by atoms with Gasteiger partial charge in [0.05, 0.1) is 18.5 Å². The van der Waals surface area contributed by atoms with Crippen LogP contribution in [0.4, 0.5) is 0 Å². The molecule has 2 aromatic heterocycles. The van der Waals surface area contributed by atoms with Crippen molar-refractivity contribution in [2.45, 2.75) is 25.7 Å². The summed E-state index contributed by atoms with van der Waals surface area (Å²) in [6.45, 7) is 0. The Balaban J connectivity index is 1.86. The Morgan fingerprint density at radius 1 is 1.18 bits per heavy atom. The fourth-order valence-corrected chi connectivity index (χ4v) is 3.08. The van der Waals surface area contributed by atoms with Crippen molar-refractivity contribution in [3.05, 3.63) is 51.9 Å². The summed E-state index contributed by atoms with van der Waals surface area (Å²) in [5, 5.41) is 3.17. The summed E-state index contributed by atoms with van der Waals surface area (Å²) in [6.07, 6.45) is 3.93. The standard InChI is InChI=1S/C17H17N3O2/c1-22-12-8-6-11(7-9-12)15-10-16-18-14-5-3-2-4-13(14)17(21)20(16)19-15/h6-10,19H,2-5H2,1H3. The van der Waals surface area contributed by atoms with Gasteiger partial charge in [-0.05, 0) is 55.5 Å². The Bertz CT molecular complexity index is 891. The molecule has 4 rings (SSSR count). The number of fused-ring (bicyclic) bond motifs is 2. The van der Waals surface area contributed by atoms with E-state index in [9.17, 15) is 4.79 Å². The molecule has 112 valence electrons. The molecule has 5 heteroatoms. The number of H-pyrrole nitrogens is 1. The first kappa shape index (κ1) is 13.1. The number of aromatic amines is 1. The lowest BCUT2D eigenvalue weighted by molar-refractivity contribution is 0.415. The Kier molecular flexibility index (Phi) is 2.99. The van der Waals surface area contributed by atoms with Crippen molar-refractivity contribution in [2.75, 3.05) is 7.11 Å². The zero-order valence-corrected chi connectivity index (χ0v) is 12.4. The molecule has 0 unspecified atom stereocenters. The average Bonchev–Trinajstić information content (AvgIpc) is 2.99. The van der Waals surface area contributed by atoms with E-state index < -0.39 is 0 Å². The predicted molar refractivity (Wildman–Crippen MR) is 84.4 cm³/mol. The van der Waals surface area contributed by atoms with Crippen LogP contribution in [0.1, 0.15) is 24.1 Å². The fraction of sp³-hybridized carbons (Fsp3) is 0.294. The number of hydrogen-bond acceptors (Lipinski definition) is 3. The highest BCUT2D eigenvalue weighted by atomic mass is 16.5.